The molecule has 1 aromatic heterocycles. The first-order valence-corrected chi connectivity index (χ1v) is 4.84. The Morgan fingerprint density at radius 2 is 2.53 bits per heavy atom. The molecule has 1 rings (SSSR count). The SMILES string of the molecule is C=CCC(N)C(=O)NCCn1ccnc1. The predicted octanol–water partition coefficient (Wildman–Crippen LogP) is -0.0973. The molecule has 1 aromatic rings. The molecule has 5 heteroatoms. The van der Waals surface area contributed by atoms with Gasteiger partial charge in [-0.2, -0.15) is 0 Å². The van der Waals surface area contributed by atoms with Crippen LogP contribution in [0.4, 0.5) is 0 Å². The molecule has 0 aliphatic heterocycles. The van der Waals surface area contributed by atoms with Gasteiger partial charge in [0.05, 0.1) is 12.4 Å². The molecule has 0 radical (unpaired) electrons. The molecule has 0 saturated carbocycles. The lowest BCUT2D eigenvalue weighted by Crippen LogP contribution is -2.41. The molecule has 1 heterocycles. The highest BCUT2D eigenvalue weighted by Gasteiger charge is 2.09. The van der Waals surface area contributed by atoms with Gasteiger partial charge >= 0.3 is 0 Å². The van der Waals surface area contributed by atoms with Gasteiger partial charge in [-0.1, -0.05) is 6.08 Å². The Balaban J connectivity index is 2.19. The third-order valence-electron chi connectivity index (χ3n) is 1.99. The highest BCUT2D eigenvalue weighted by Crippen LogP contribution is 1.89. The minimum Gasteiger partial charge on any atom is -0.353 e. The van der Waals surface area contributed by atoms with Gasteiger partial charge < -0.3 is 15.6 Å². The minimum atomic E-state index is -0.495. The van der Waals surface area contributed by atoms with E-state index in [9.17, 15) is 4.79 Å². The second-order valence-electron chi connectivity index (χ2n) is 3.22. The van der Waals surface area contributed by atoms with Crippen LogP contribution in [0.1, 0.15) is 6.42 Å². The van der Waals surface area contributed by atoms with E-state index in [1.54, 1.807) is 18.6 Å². The lowest BCUT2D eigenvalue weighted by Gasteiger charge is -2.10. The summed E-state index contributed by atoms with van der Waals surface area (Å²) in [7, 11) is 0. The molecule has 0 saturated heterocycles. The third-order valence-corrected chi connectivity index (χ3v) is 1.99. The molecule has 0 aliphatic carbocycles. The lowest BCUT2D eigenvalue weighted by molar-refractivity contribution is -0.122. The van der Waals surface area contributed by atoms with Crippen LogP contribution in [0, 0.1) is 0 Å². The van der Waals surface area contributed by atoms with Crippen LogP contribution >= 0.6 is 0 Å². The Labute approximate surface area is 89.0 Å². The van der Waals surface area contributed by atoms with Crippen molar-refractivity contribution in [2.24, 2.45) is 5.73 Å². The summed E-state index contributed by atoms with van der Waals surface area (Å²) in [5.74, 6) is -0.144. The van der Waals surface area contributed by atoms with Gasteiger partial charge in [-0.25, -0.2) is 4.98 Å². The Morgan fingerprint density at radius 1 is 1.73 bits per heavy atom. The van der Waals surface area contributed by atoms with Crippen molar-refractivity contribution in [2.75, 3.05) is 6.54 Å². The number of rotatable bonds is 6. The lowest BCUT2D eigenvalue weighted by atomic mass is 10.2. The zero-order valence-corrected chi connectivity index (χ0v) is 8.60. The van der Waals surface area contributed by atoms with E-state index in [2.05, 4.69) is 16.9 Å². The standard InChI is InChI=1S/C10H16N4O/c1-2-3-9(11)10(15)13-5-7-14-6-4-12-8-14/h2,4,6,8-9H,1,3,5,7,11H2,(H,13,15). The van der Waals surface area contributed by atoms with Crippen LogP contribution in [0.2, 0.25) is 0 Å². The Morgan fingerprint density at radius 3 is 3.13 bits per heavy atom. The van der Waals surface area contributed by atoms with Crippen molar-refractivity contribution in [3.8, 4) is 0 Å². The molecule has 0 aliphatic rings. The van der Waals surface area contributed by atoms with Crippen LogP contribution in [0.25, 0.3) is 0 Å². The largest absolute Gasteiger partial charge is 0.353 e. The van der Waals surface area contributed by atoms with E-state index in [1.807, 2.05) is 10.8 Å². The minimum absolute atomic E-state index is 0.144. The van der Waals surface area contributed by atoms with E-state index in [1.165, 1.54) is 0 Å². The zero-order valence-electron chi connectivity index (χ0n) is 8.60. The fourth-order valence-electron chi connectivity index (χ4n) is 1.14. The van der Waals surface area contributed by atoms with Crippen molar-refractivity contribution in [1.29, 1.82) is 0 Å². The van der Waals surface area contributed by atoms with Crippen LogP contribution in [-0.2, 0) is 11.3 Å². The van der Waals surface area contributed by atoms with Gasteiger partial charge in [0.25, 0.3) is 0 Å². The van der Waals surface area contributed by atoms with Gasteiger partial charge in [-0.3, -0.25) is 4.79 Å². The molecular formula is C10H16N4O. The zero-order chi connectivity index (χ0) is 11.1. The Kier molecular flexibility index (Phi) is 4.56. The summed E-state index contributed by atoms with van der Waals surface area (Å²) < 4.78 is 1.89. The van der Waals surface area contributed by atoms with E-state index in [-0.39, 0.29) is 5.91 Å². The number of imidazole rings is 1. The summed E-state index contributed by atoms with van der Waals surface area (Å²) in [5.41, 5.74) is 5.58. The number of hydrogen-bond acceptors (Lipinski definition) is 3. The van der Waals surface area contributed by atoms with E-state index in [0.717, 1.165) is 0 Å². The maximum absolute atomic E-state index is 11.4. The summed E-state index contributed by atoms with van der Waals surface area (Å²) in [6, 6.07) is -0.495. The van der Waals surface area contributed by atoms with Crippen LogP contribution in [-0.4, -0.2) is 28.0 Å². The molecule has 0 fully saturated rings. The Bertz CT molecular complexity index is 307. The summed E-state index contributed by atoms with van der Waals surface area (Å²) in [4.78, 5) is 15.2. The van der Waals surface area contributed by atoms with Crippen molar-refractivity contribution in [3.63, 3.8) is 0 Å². The average molecular weight is 208 g/mol. The van der Waals surface area contributed by atoms with Gasteiger partial charge in [0.2, 0.25) is 5.91 Å². The van der Waals surface area contributed by atoms with E-state index in [0.29, 0.717) is 19.5 Å². The fourth-order valence-corrected chi connectivity index (χ4v) is 1.14. The number of nitrogens with two attached hydrogens (primary N) is 1. The molecule has 0 aromatic carbocycles. The molecule has 1 atom stereocenters. The van der Waals surface area contributed by atoms with E-state index in [4.69, 9.17) is 5.73 Å². The number of nitrogens with one attached hydrogen (secondary N) is 1. The highest BCUT2D eigenvalue weighted by molar-refractivity contribution is 5.81. The van der Waals surface area contributed by atoms with Crippen LogP contribution in [0.5, 0.6) is 0 Å². The first-order chi connectivity index (χ1) is 7.24. The molecule has 3 N–H and O–H groups in total. The molecule has 15 heavy (non-hydrogen) atoms. The highest BCUT2D eigenvalue weighted by atomic mass is 16.2. The van der Waals surface area contributed by atoms with Crippen LogP contribution in [0.15, 0.2) is 31.4 Å². The number of carbonyl (C=O) groups is 1. The number of aromatic nitrogens is 2. The number of hydrogen-bond donors (Lipinski definition) is 2. The first-order valence-electron chi connectivity index (χ1n) is 4.84. The first kappa shape index (κ1) is 11.5. The Hall–Kier alpha value is -1.62. The smallest absolute Gasteiger partial charge is 0.237 e. The molecule has 82 valence electrons. The maximum atomic E-state index is 11.4. The van der Waals surface area contributed by atoms with Gasteiger partial charge in [-0.05, 0) is 6.42 Å². The number of carbonyl (C=O) groups excluding carboxylic acids is 1. The normalized spacial score (nSPS) is 12.1. The summed E-state index contributed by atoms with van der Waals surface area (Å²) >= 11 is 0. The topological polar surface area (TPSA) is 72.9 Å². The molecule has 0 bridgehead atoms. The molecule has 0 spiro atoms. The van der Waals surface area contributed by atoms with Gasteiger partial charge in [0.15, 0.2) is 0 Å². The quantitative estimate of drug-likeness (QED) is 0.641. The van der Waals surface area contributed by atoms with Crippen LogP contribution in [0.3, 0.4) is 0 Å². The molecule has 5 nitrogen and oxygen atoms in total. The van der Waals surface area contributed by atoms with Gasteiger partial charge in [0.1, 0.15) is 0 Å². The summed E-state index contributed by atoms with van der Waals surface area (Å²) in [6.07, 6.45) is 7.38. The van der Waals surface area contributed by atoms with Gasteiger partial charge in [-0.15, -0.1) is 6.58 Å². The van der Waals surface area contributed by atoms with E-state index < -0.39 is 6.04 Å². The molecule has 1 amide bonds. The predicted molar refractivity (Wildman–Crippen MR) is 58.0 cm³/mol. The second kappa shape index (κ2) is 5.98. The maximum Gasteiger partial charge on any atom is 0.237 e. The summed E-state index contributed by atoms with van der Waals surface area (Å²) in [5, 5.41) is 2.75. The summed E-state index contributed by atoms with van der Waals surface area (Å²) in [6.45, 7) is 4.79. The van der Waals surface area contributed by atoms with Gasteiger partial charge in [0, 0.05) is 25.5 Å². The van der Waals surface area contributed by atoms with Crippen molar-refractivity contribution in [1.82, 2.24) is 14.9 Å². The molecular weight excluding hydrogens is 192 g/mol. The number of amides is 1. The van der Waals surface area contributed by atoms with Crippen LogP contribution < -0.4 is 11.1 Å². The third kappa shape index (κ3) is 3.95. The average Bonchev–Trinajstić information content (AvgIpc) is 2.71. The van der Waals surface area contributed by atoms with Crippen molar-refractivity contribution in [3.05, 3.63) is 31.4 Å². The second-order valence-corrected chi connectivity index (χ2v) is 3.22. The van der Waals surface area contributed by atoms with Crippen molar-refractivity contribution < 1.29 is 4.79 Å². The van der Waals surface area contributed by atoms with Crippen molar-refractivity contribution >= 4 is 5.91 Å². The fraction of sp³-hybridized carbons (Fsp3) is 0.400. The van der Waals surface area contributed by atoms with E-state index >= 15 is 0 Å². The van der Waals surface area contributed by atoms with Crippen molar-refractivity contribution in [2.45, 2.75) is 19.0 Å². The monoisotopic (exact) mass is 208 g/mol. The number of nitrogens with zero attached hydrogens (tertiary/aromatic N) is 2. The molecule has 1 unspecified atom stereocenters.